The van der Waals surface area contributed by atoms with Crippen molar-refractivity contribution in [1.82, 2.24) is 4.98 Å². The first-order valence-electron chi connectivity index (χ1n) is 4.47. The highest BCUT2D eigenvalue weighted by atomic mass is 19.3. The fourth-order valence-electron chi connectivity index (χ4n) is 0.945. The zero-order valence-electron chi connectivity index (χ0n) is 8.22. The molecule has 1 nitrogen and oxygen atoms in total. The predicted octanol–water partition coefficient (Wildman–Crippen LogP) is 3.61. The van der Waals surface area contributed by atoms with Crippen LogP contribution in [0.25, 0.3) is 0 Å². The zero-order valence-corrected chi connectivity index (χ0v) is 8.22. The van der Waals surface area contributed by atoms with Crippen molar-refractivity contribution < 1.29 is 8.78 Å². The molecule has 0 N–H and O–H groups in total. The molecule has 1 aromatic heterocycles. The molecule has 0 atom stereocenters. The summed E-state index contributed by atoms with van der Waals surface area (Å²) < 4.78 is 24.3. The van der Waals surface area contributed by atoms with Crippen LogP contribution in [0.5, 0.6) is 0 Å². The molecule has 0 aliphatic heterocycles. The van der Waals surface area contributed by atoms with Gasteiger partial charge in [-0.25, -0.2) is 8.78 Å². The van der Waals surface area contributed by atoms with Crippen LogP contribution in [0.2, 0.25) is 0 Å². The van der Waals surface area contributed by atoms with Crippen molar-refractivity contribution in [2.45, 2.75) is 33.6 Å². The molecule has 0 unspecified atom stereocenters. The van der Waals surface area contributed by atoms with E-state index in [0.29, 0.717) is 12.1 Å². The Morgan fingerprint density at radius 1 is 1.38 bits per heavy atom. The molecule has 13 heavy (non-hydrogen) atoms. The van der Waals surface area contributed by atoms with Crippen LogP contribution in [-0.2, 0) is 6.42 Å². The van der Waals surface area contributed by atoms with Gasteiger partial charge in [0.25, 0.3) is 6.43 Å². The molecule has 0 amide bonds. The van der Waals surface area contributed by atoms with Crippen LogP contribution in [0.3, 0.4) is 0 Å². The Morgan fingerprint density at radius 2 is 2.00 bits per heavy atom. The van der Waals surface area contributed by atoms with E-state index < -0.39 is 6.43 Å². The second-order valence-corrected chi connectivity index (χ2v) is 2.19. The maximum atomic E-state index is 12.2. The zero-order chi connectivity index (χ0) is 10.3. The first-order chi connectivity index (χ1) is 6.25. The van der Waals surface area contributed by atoms with Crippen LogP contribution in [0.1, 0.15) is 38.5 Å². The molecule has 3 heteroatoms. The minimum absolute atomic E-state index is 0.0509. The van der Waals surface area contributed by atoms with Crippen molar-refractivity contribution in [3.63, 3.8) is 0 Å². The average molecular weight is 187 g/mol. The van der Waals surface area contributed by atoms with Crippen LogP contribution in [-0.4, -0.2) is 4.98 Å². The summed E-state index contributed by atoms with van der Waals surface area (Å²) in [5, 5.41) is 0. The average Bonchev–Trinajstić information content (AvgIpc) is 2.20. The Morgan fingerprint density at radius 3 is 2.38 bits per heavy atom. The third-order valence-electron chi connectivity index (χ3n) is 1.50. The largest absolute Gasteiger partial charge is 0.265 e. The highest BCUT2D eigenvalue weighted by Gasteiger charge is 2.10. The standard InChI is InChI=1S/C8H9F2N.C2H6/c1-2-7-6(8(9)10)4-3-5-11-7;1-2/h3-5,8H,2H2,1H3;1-2H3. The van der Waals surface area contributed by atoms with Gasteiger partial charge in [-0.2, -0.15) is 0 Å². The molecule has 0 bridgehead atoms. The van der Waals surface area contributed by atoms with E-state index in [0.717, 1.165) is 0 Å². The lowest BCUT2D eigenvalue weighted by molar-refractivity contribution is 0.149. The van der Waals surface area contributed by atoms with E-state index in [-0.39, 0.29) is 5.56 Å². The number of aryl methyl sites for hydroxylation is 1. The topological polar surface area (TPSA) is 12.9 Å². The van der Waals surface area contributed by atoms with Gasteiger partial charge < -0.3 is 0 Å². The molecule has 0 radical (unpaired) electrons. The molecule has 0 saturated carbocycles. The smallest absolute Gasteiger partial charge is 0.261 e. The molecule has 0 aliphatic carbocycles. The molecular weight excluding hydrogens is 172 g/mol. The summed E-state index contributed by atoms with van der Waals surface area (Å²) in [4.78, 5) is 3.84. The number of halogens is 2. The summed E-state index contributed by atoms with van der Waals surface area (Å²) >= 11 is 0. The van der Waals surface area contributed by atoms with Crippen molar-refractivity contribution in [3.05, 3.63) is 29.6 Å². The highest BCUT2D eigenvalue weighted by Crippen LogP contribution is 2.20. The monoisotopic (exact) mass is 187 g/mol. The number of hydrogen-bond acceptors (Lipinski definition) is 1. The van der Waals surface area contributed by atoms with Gasteiger partial charge in [0.1, 0.15) is 0 Å². The van der Waals surface area contributed by atoms with Gasteiger partial charge in [0.05, 0.1) is 0 Å². The summed E-state index contributed by atoms with van der Waals surface area (Å²) in [6, 6.07) is 2.94. The maximum absolute atomic E-state index is 12.2. The van der Waals surface area contributed by atoms with Gasteiger partial charge in [-0.1, -0.05) is 20.8 Å². The minimum atomic E-state index is -2.40. The normalized spacial score (nSPS) is 9.38. The van der Waals surface area contributed by atoms with E-state index in [1.807, 2.05) is 20.8 Å². The minimum Gasteiger partial charge on any atom is -0.261 e. The molecule has 0 fully saturated rings. The van der Waals surface area contributed by atoms with E-state index in [2.05, 4.69) is 4.98 Å². The van der Waals surface area contributed by atoms with Crippen molar-refractivity contribution in [2.75, 3.05) is 0 Å². The number of hydrogen-bond donors (Lipinski definition) is 0. The number of nitrogens with zero attached hydrogens (tertiary/aromatic N) is 1. The van der Waals surface area contributed by atoms with Gasteiger partial charge in [-0.05, 0) is 18.6 Å². The highest BCUT2D eigenvalue weighted by molar-refractivity contribution is 5.20. The number of pyridine rings is 1. The first-order valence-corrected chi connectivity index (χ1v) is 4.47. The quantitative estimate of drug-likeness (QED) is 0.689. The van der Waals surface area contributed by atoms with E-state index in [9.17, 15) is 8.78 Å². The predicted molar refractivity (Wildman–Crippen MR) is 49.9 cm³/mol. The van der Waals surface area contributed by atoms with Gasteiger partial charge in [-0.15, -0.1) is 0 Å². The fourth-order valence-corrected chi connectivity index (χ4v) is 0.945. The molecule has 0 spiro atoms. The molecule has 0 aromatic carbocycles. The van der Waals surface area contributed by atoms with Crippen molar-refractivity contribution in [3.8, 4) is 0 Å². The summed E-state index contributed by atoms with van der Waals surface area (Å²) in [6.45, 7) is 5.81. The third kappa shape index (κ3) is 3.49. The second kappa shape index (κ2) is 6.52. The van der Waals surface area contributed by atoms with Gasteiger partial charge in [-0.3, -0.25) is 4.98 Å². The summed E-state index contributed by atoms with van der Waals surface area (Å²) in [7, 11) is 0. The van der Waals surface area contributed by atoms with Crippen LogP contribution in [0.15, 0.2) is 18.3 Å². The molecule has 1 aromatic rings. The van der Waals surface area contributed by atoms with E-state index in [4.69, 9.17) is 0 Å². The molecule has 74 valence electrons. The second-order valence-electron chi connectivity index (χ2n) is 2.19. The SMILES string of the molecule is CC.CCc1ncccc1C(F)F. The van der Waals surface area contributed by atoms with Gasteiger partial charge in [0, 0.05) is 17.5 Å². The molecule has 0 saturated heterocycles. The third-order valence-corrected chi connectivity index (χ3v) is 1.50. The van der Waals surface area contributed by atoms with Crippen LogP contribution in [0.4, 0.5) is 8.78 Å². The van der Waals surface area contributed by atoms with E-state index in [1.165, 1.54) is 18.3 Å². The van der Waals surface area contributed by atoms with Gasteiger partial charge in [0.2, 0.25) is 0 Å². The van der Waals surface area contributed by atoms with Crippen molar-refractivity contribution >= 4 is 0 Å². The Bertz CT molecular complexity index is 236. The van der Waals surface area contributed by atoms with Crippen molar-refractivity contribution in [1.29, 1.82) is 0 Å². The van der Waals surface area contributed by atoms with Crippen LogP contribution in [0, 0.1) is 0 Å². The summed E-state index contributed by atoms with van der Waals surface area (Å²) in [5.41, 5.74) is 0.539. The molecule has 1 rings (SSSR count). The lowest BCUT2D eigenvalue weighted by Crippen LogP contribution is -1.95. The van der Waals surface area contributed by atoms with Crippen molar-refractivity contribution in [2.24, 2.45) is 0 Å². The molecular formula is C10H15F2N. The Balaban J connectivity index is 0.000000671. The summed E-state index contributed by atoms with van der Waals surface area (Å²) in [6.07, 6.45) is -0.316. The Labute approximate surface area is 77.8 Å². The number of aromatic nitrogens is 1. The summed E-state index contributed by atoms with van der Waals surface area (Å²) in [5.74, 6) is 0. The van der Waals surface area contributed by atoms with E-state index >= 15 is 0 Å². The molecule has 0 aliphatic rings. The van der Waals surface area contributed by atoms with Gasteiger partial charge in [0.15, 0.2) is 0 Å². The fraction of sp³-hybridized carbons (Fsp3) is 0.500. The first kappa shape index (κ1) is 12.0. The Kier molecular flexibility index (Phi) is 6.02. The maximum Gasteiger partial charge on any atom is 0.265 e. The van der Waals surface area contributed by atoms with Crippen LogP contribution < -0.4 is 0 Å². The van der Waals surface area contributed by atoms with E-state index in [1.54, 1.807) is 0 Å². The Hall–Kier alpha value is -0.990. The van der Waals surface area contributed by atoms with Gasteiger partial charge >= 0.3 is 0 Å². The number of rotatable bonds is 2. The lowest BCUT2D eigenvalue weighted by atomic mass is 10.1. The lowest BCUT2D eigenvalue weighted by Gasteiger charge is -2.03. The van der Waals surface area contributed by atoms with Crippen LogP contribution >= 0.6 is 0 Å². The number of alkyl halides is 2. The molecule has 1 heterocycles.